The number of unbranched alkanes of at least 4 members (excludes halogenated alkanes) is 13. The van der Waals surface area contributed by atoms with E-state index in [-0.39, 0.29) is 0 Å². The highest BCUT2D eigenvalue weighted by Crippen LogP contribution is 2.22. The molecule has 0 fully saturated rings. The van der Waals surface area contributed by atoms with Crippen molar-refractivity contribution < 1.29 is 0 Å². The van der Waals surface area contributed by atoms with Crippen LogP contribution in [-0.2, 0) is 0 Å². The van der Waals surface area contributed by atoms with Gasteiger partial charge in [-0.1, -0.05) is 155 Å². The minimum atomic E-state index is 0.914. The Labute approximate surface area is 186 Å². The van der Waals surface area contributed by atoms with Crippen molar-refractivity contribution in [1.29, 1.82) is 0 Å². The molecule has 0 aromatic carbocycles. The summed E-state index contributed by atoms with van der Waals surface area (Å²) in [5.74, 6) is 1.85. The van der Waals surface area contributed by atoms with E-state index in [2.05, 4.69) is 39.8 Å². The first kappa shape index (κ1) is 28.7. The Bertz CT molecular complexity index is 316. The smallest absolute Gasteiger partial charge is 0.0322 e. The lowest BCUT2D eigenvalue weighted by molar-refractivity contribution is 0.403. The third-order valence-electron chi connectivity index (χ3n) is 6.59. The fourth-order valence-corrected chi connectivity index (χ4v) is 4.31. The molecule has 2 unspecified atom stereocenters. The summed E-state index contributed by atoms with van der Waals surface area (Å²) in [5, 5.41) is 0. The molecule has 0 spiro atoms. The molecule has 0 bridgehead atoms. The summed E-state index contributed by atoms with van der Waals surface area (Å²) in [7, 11) is 0. The molecule has 0 N–H and O–H groups in total. The lowest BCUT2D eigenvalue weighted by Gasteiger charge is -2.14. The Morgan fingerprint density at radius 3 is 1.66 bits per heavy atom. The third kappa shape index (κ3) is 22.3. The normalized spacial score (nSPS) is 13.9. The molecule has 0 aromatic heterocycles. The Morgan fingerprint density at radius 2 is 1.07 bits per heavy atom. The topological polar surface area (TPSA) is 0 Å². The molecule has 0 saturated heterocycles. The van der Waals surface area contributed by atoms with E-state index >= 15 is 0 Å². The van der Waals surface area contributed by atoms with Crippen LogP contribution in [0, 0.1) is 25.7 Å². The summed E-state index contributed by atoms with van der Waals surface area (Å²) < 4.78 is 0. The van der Waals surface area contributed by atoms with Crippen LogP contribution in [0.1, 0.15) is 149 Å². The summed E-state index contributed by atoms with van der Waals surface area (Å²) in [5.41, 5.74) is 0. The monoisotopic (exact) mass is 404 g/mol. The van der Waals surface area contributed by atoms with Gasteiger partial charge < -0.3 is 0 Å². The van der Waals surface area contributed by atoms with Crippen molar-refractivity contribution in [3.8, 4) is 0 Å². The van der Waals surface area contributed by atoms with Gasteiger partial charge in [0, 0.05) is 0 Å². The summed E-state index contributed by atoms with van der Waals surface area (Å²) in [4.78, 5) is 0. The lowest BCUT2D eigenvalue weighted by atomic mass is 9.92. The van der Waals surface area contributed by atoms with Crippen LogP contribution in [0.25, 0.3) is 0 Å². The molecule has 0 nitrogen and oxygen atoms in total. The van der Waals surface area contributed by atoms with E-state index in [0.717, 1.165) is 24.7 Å². The van der Waals surface area contributed by atoms with Gasteiger partial charge >= 0.3 is 0 Å². The predicted molar refractivity (Wildman–Crippen MR) is 135 cm³/mol. The molecule has 0 heterocycles. The Hall–Kier alpha value is -0.260. The quantitative estimate of drug-likeness (QED) is 0.117. The average Bonchev–Trinajstić information content (AvgIpc) is 2.73. The van der Waals surface area contributed by atoms with E-state index in [9.17, 15) is 0 Å². The van der Waals surface area contributed by atoms with Crippen molar-refractivity contribution in [3.63, 3.8) is 0 Å². The summed E-state index contributed by atoms with van der Waals surface area (Å²) in [6.45, 7) is 12.7. The molecular weight excluding hydrogens is 348 g/mol. The van der Waals surface area contributed by atoms with Gasteiger partial charge in [0.2, 0.25) is 0 Å². The number of hydrogen-bond donors (Lipinski definition) is 0. The van der Waals surface area contributed by atoms with Crippen LogP contribution < -0.4 is 0 Å². The van der Waals surface area contributed by atoms with Crippen molar-refractivity contribution in [3.05, 3.63) is 26.0 Å². The van der Waals surface area contributed by atoms with E-state index in [1.165, 1.54) is 122 Å². The Morgan fingerprint density at radius 1 is 0.586 bits per heavy atom. The molecular formula is C29H56. The van der Waals surface area contributed by atoms with Gasteiger partial charge in [-0.3, -0.25) is 0 Å². The SMILES string of the molecule is [CH2]CCCCCCCC/C=C/CC(CC)CCCCC(C)CCCCCCC[CH2]. The van der Waals surface area contributed by atoms with Crippen LogP contribution in [-0.4, -0.2) is 0 Å². The van der Waals surface area contributed by atoms with Gasteiger partial charge in [-0.25, -0.2) is 0 Å². The Kier molecular flexibility index (Phi) is 23.8. The van der Waals surface area contributed by atoms with Gasteiger partial charge in [-0.15, -0.1) is 0 Å². The van der Waals surface area contributed by atoms with Crippen LogP contribution in [0.4, 0.5) is 0 Å². The van der Waals surface area contributed by atoms with Crippen LogP contribution >= 0.6 is 0 Å². The highest BCUT2D eigenvalue weighted by Gasteiger charge is 2.06. The minimum absolute atomic E-state index is 0.914. The summed E-state index contributed by atoms with van der Waals surface area (Å²) in [6, 6.07) is 0. The molecule has 2 atom stereocenters. The molecule has 0 heteroatoms. The Balaban J connectivity index is 3.51. The second-order valence-electron chi connectivity index (χ2n) is 9.54. The predicted octanol–water partition coefficient (Wildman–Crippen LogP) is 10.7. The molecule has 2 radical (unpaired) electrons. The highest BCUT2D eigenvalue weighted by atomic mass is 14.1. The maximum atomic E-state index is 3.93. The first-order valence-corrected chi connectivity index (χ1v) is 13.5. The van der Waals surface area contributed by atoms with Crippen molar-refractivity contribution in [1.82, 2.24) is 0 Å². The molecule has 0 aliphatic carbocycles. The van der Waals surface area contributed by atoms with Crippen molar-refractivity contribution in [2.75, 3.05) is 0 Å². The van der Waals surface area contributed by atoms with Gasteiger partial charge in [0.15, 0.2) is 0 Å². The largest absolute Gasteiger partial charge is 0.0885 e. The first-order valence-electron chi connectivity index (χ1n) is 13.5. The van der Waals surface area contributed by atoms with E-state index in [4.69, 9.17) is 0 Å². The van der Waals surface area contributed by atoms with Crippen molar-refractivity contribution in [2.45, 2.75) is 149 Å². The highest BCUT2D eigenvalue weighted by molar-refractivity contribution is 4.83. The molecule has 0 aliphatic rings. The lowest BCUT2D eigenvalue weighted by Crippen LogP contribution is -1.99. The van der Waals surface area contributed by atoms with Crippen molar-refractivity contribution in [2.24, 2.45) is 11.8 Å². The van der Waals surface area contributed by atoms with Crippen LogP contribution in [0.15, 0.2) is 12.2 Å². The zero-order valence-electron chi connectivity index (χ0n) is 20.6. The van der Waals surface area contributed by atoms with Crippen LogP contribution in [0.3, 0.4) is 0 Å². The molecule has 0 saturated carbocycles. The zero-order chi connectivity index (χ0) is 21.4. The van der Waals surface area contributed by atoms with Gasteiger partial charge in [0.05, 0.1) is 0 Å². The van der Waals surface area contributed by atoms with Crippen LogP contribution in [0.5, 0.6) is 0 Å². The van der Waals surface area contributed by atoms with E-state index < -0.39 is 0 Å². The van der Waals surface area contributed by atoms with Gasteiger partial charge in [0.1, 0.15) is 0 Å². The van der Waals surface area contributed by atoms with E-state index in [1.54, 1.807) is 0 Å². The van der Waals surface area contributed by atoms with E-state index in [0.29, 0.717) is 0 Å². The van der Waals surface area contributed by atoms with Crippen molar-refractivity contribution >= 4 is 0 Å². The minimum Gasteiger partial charge on any atom is -0.0885 e. The average molecular weight is 405 g/mol. The number of rotatable bonds is 23. The van der Waals surface area contributed by atoms with Gasteiger partial charge in [-0.2, -0.15) is 0 Å². The third-order valence-corrected chi connectivity index (χ3v) is 6.59. The summed E-state index contributed by atoms with van der Waals surface area (Å²) >= 11 is 0. The second kappa shape index (κ2) is 24.0. The van der Waals surface area contributed by atoms with Gasteiger partial charge in [-0.05, 0) is 31.1 Å². The molecule has 172 valence electrons. The molecule has 29 heavy (non-hydrogen) atoms. The second-order valence-corrected chi connectivity index (χ2v) is 9.54. The maximum Gasteiger partial charge on any atom is -0.0322 e. The van der Waals surface area contributed by atoms with Gasteiger partial charge in [0.25, 0.3) is 0 Å². The molecule has 0 aromatic rings. The number of hydrogen-bond acceptors (Lipinski definition) is 0. The number of allylic oxidation sites excluding steroid dienone is 2. The molecule has 0 aliphatic heterocycles. The molecule has 0 rings (SSSR count). The standard InChI is InChI=1S/C29H56/c1-5-8-10-12-14-15-16-17-19-21-26-29(7-3)27-23-22-25-28(4)24-20-18-13-11-9-6-2/h19,21,28-29H,1-2,5-18,20,22-27H2,3-4H3/b21-19+. The fourth-order valence-electron chi connectivity index (χ4n) is 4.31. The van der Waals surface area contributed by atoms with E-state index in [1.807, 2.05) is 0 Å². The summed E-state index contributed by atoms with van der Waals surface area (Å²) in [6.07, 6.45) is 33.6. The van der Waals surface area contributed by atoms with Crippen LogP contribution in [0.2, 0.25) is 0 Å². The molecule has 0 amide bonds. The first-order chi connectivity index (χ1) is 14.2. The zero-order valence-corrected chi connectivity index (χ0v) is 20.6. The maximum absolute atomic E-state index is 3.93. The fraction of sp³-hybridized carbons (Fsp3) is 0.862.